The highest BCUT2D eigenvalue weighted by Gasteiger charge is 2.16. The summed E-state index contributed by atoms with van der Waals surface area (Å²) in [6.07, 6.45) is 1.47. The van der Waals surface area contributed by atoms with Gasteiger partial charge >= 0.3 is 5.97 Å². The van der Waals surface area contributed by atoms with Crippen LogP contribution in [0.3, 0.4) is 0 Å². The number of ether oxygens (including phenoxy) is 1. The molecule has 0 saturated heterocycles. The Morgan fingerprint density at radius 3 is 2.29 bits per heavy atom. The van der Waals surface area contributed by atoms with Gasteiger partial charge in [-0.15, -0.1) is 0 Å². The number of carbonyl (C=O) groups excluding carboxylic acids is 1. The molecule has 0 heterocycles. The average molecular weight is 338 g/mol. The molecule has 1 rings (SSSR count). The van der Waals surface area contributed by atoms with E-state index in [9.17, 15) is 9.59 Å². The number of nitrogens with zero attached hydrogens (tertiary/aromatic N) is 2. The number of aldehydes is 1. The Bertz CT molecular complexity index is 530. The molecule has 0 amide bonds. The van der Waals surface area contributed by atoms with Crippen molar-refractivity contribution >= 4 is 23.6 Å². The van der Waals surface area contributed by atoms with E-state index in [1.54, 1.807) is 6.07 Å². The van der Waals surface area contributed by atoms with Crippen LogP contribution in [0.2, 0.25) is 0 Å². The van der Waals surface area contributed by atoms with E-state index in [0.717, 1.165) is 24.2 Å². The second-order valence-corrected chi connectivity index (χ2v) is 5.17. The topological polar surface area (TPSA) is 70.1 Å². The quantitative estimate of drug-likeness (QED) is 0.697. The van der Waals surface area contributed by atoms with Crippen molar-refractivity contribution in [2.45, 2.75) is 33.6 Å². The molecular formula is C18H30N2O4. The van der Waals surface area contributed by atoms with Crippen LogP contribution in [0.5, 0.6) is 5.75 Å². The van der Waals surface area contributed by atoms with Crippen molar-refractivity contribution in [3.63, 3.8) is 0 Å². The van der Waals surface area contributed by atoms with Crippen molar-refractivity contribution in [3.05, 3.63) is 17.7 Å². The molecule has 0 fully saturated rings. The molecule has 0 aliphatic carbocycles. The molecule has 0 bridgehead atoms. The second kappa shape index (κ2) is 11.3. The molecule has 24 heavy (non-hydrogen) atoms. The number of rotatable bonds is 9. The van der Waals surface area contributed by atoms with E-state index in [1.165, 1.54) is 7.11 Å². The Morgan fingerprint density at radius 2 is 1.88 bits per heavy atom. The van der Waals surface area contributed by atoms with Gasteiger partial charge < -0.3 is 19.6 Å². The summed E-state index contributed by atoms with van der Waals surface area (Å²) in [5, 5.41) is 8.78. The third-order valence-corrected chi connectivity index (χ3v) is 3.48. The summed E-state index contributed by atoms with van der Waals surface area (Å²) in [5.41, 5.74) is 2.33. The van der Waals surface area contributed by atoms with Crippen LogP contribution in [0, 0.1) is 0 Å². The molecule has 6 nitrogen and oxygen atoms in total. The van der Waals surface area contributed by atoms with E-state index in [0.29, 0.717) is 24.3 Å². The van der Waals surface area contributed by atoms with Gasteiger partial charge in [-0.1, -0.05) is 13.8 Å². The summed E-state index contributed by atoms with van der Waals surface area (Å²) in [6, 6.07) is 3.63. The van der Waals surface area contributed by atoms with Gasteiger partial charge in [0, 0.05) is 39.7 Å². The lowest BCUT2D eigenvalue weighted by molar-refractivity contribution is -0.137. The lowest BCUT2D eigenvalue weighted by Gasteiger charge is -2.29. The highest BCUT2D eigenvalue weighted by Crippen LogP contribution is 2.35. The first kappa shape index (κ1) is 21.8. The maximum atomic E-state index is 11.2. The van der Waals surface area contributed by atoms with E-state index in [1.807, 2.05) is 45.8 Å². The number of carboxylic acid groups (broad SMARTS) is 1. The highest BCUT2D eigenvalue weighted by atomic mass is 16.5. The maximum absolute atomic E-state index is 11.2. The molecular weight excluding hydrogens is 308 g/mol. The van der Waals surface area contributed by atoms with Gasteiger partial charge in [0.15, 0.2) is 6.29 Å². The van der Waals surface area contributed by atoms with Gasteiger partial charge in [-0.25, -0.2) is 0 Å². The van der Waals surface area contributed by atoms with Crippen LogP contribution >= 0.6 is 0 Å². The summed E-state index contributed by atoms with van der Waals surface area (Å²) in [4.78, 5) is 25.9. The minimum atomic E-state index is -0.794. The summed E-state index contributed by atoms with van der Waals surface area (Å²) >= 11 is 0. The van der Waals surface area contributed by atoms with Crippen LogP contribution in [0.15, 0.2) is 12.1 Å². The molecule has 0 atom stereocenters. The number of anilines is 2. The van der Waals surface area contributed by atoms with E-state index >= 15 is 0 Å². The zero-order chi connectivity index (χ0) is 18.7. The molecule has 0 aliphatic rings. The Morgan fingerprint density at radius 1 is 1.25 bits per heavy atom. The summed E-state index contributed by atoms with van der Waals surface area (Å²) in [7, 11) is 5.35. The lowest BCUT2D eigenvalue weighted by Crippen LogP contribution is -2.27. The van der Waals surface area contributed by atoms with Crippen LogP contribution in [0.1, 0.15) is 44.0 Å². The van der Waals surface area contributed by atoms with Crippen LogP contribution in [0.4, 0.5) is 11.4 Å². The first-order valence-electron chi connectivity index (χ1n) is 8.25. The summed E-state index contributed by atoms with van der Waals surface area (Å²) < 4.78 is 5.28. The van der Waals surface area contributed by atoms with Gasteiger partial charge in [-0.05, 0) is 19.4 Å². The zero-order valence-corrected chi connectivity index (χ0v) is 15.6. The second-order valence-electron chi connectivity index (χ2n) is 5.17. The molecule has 0 unspecified atom stereocenters. The van der Waals surface area contributed by atoms with Gasteiger partial charge in [-0.2, -0.15) is 0 Å². The molecule has 0 saturated carbocycles. The average Bonchev–Trinajstić information content (AvgIpc) is 2.59. The fourth-order valence-corrected chi connectivity index (χ4v) is 2.32. The Kier molecular flexibility index (Phi) is 10.3. The van der Waals surface area contributed by atoms with Crippen molar-refractivity contribution in [3.8, 4) is 5.75 Å². The van der Waals surface area contributed by atoms with Gasteiger partial charge in [-0.3, -0.25) is 9.59 Å². The molecule has 1 aromatic rings. The van der Waals surface area contributed by atoms with Gasteiger partial charge in [0.1, 0.15) is 5.75 Å². The van der Waals surface area contributed by atoms with Crippen molar-refractivity contribution in [2.75, 3.05) is 44.1 Å². The third-order valence-electron chi connectivity index (χ3n) is 3.48. The molecule has 0 aromatic heterocycles. The smallest absolute Gasteiger partial charge is 0.303 e. The van der Waals surface area contributed by atoms with Crippen LogP contribution in [-0.2, 0) is 4.79 Å². The highest BCUT2D eigenvalue weighted by molar-refractivity contribution is 5.86. The van der Waals surface area contributed by atoms with E-state index < -0.39 is 5.97 Å². The molecule has 0 spiro atoms. The van der Waals surface area contributed by atoms with E-state index in [2.05, 4.69) is 4.90 Å². The first-order chi connectivity index (χ1) is 11.4. The normalized spacial score (nSPS) is 9.58. The number of hydrogen-bond donors (Lipinski definition) is 1. The van der Waals surface area contributed by atoms with Crippen LogP contribution in [-0.4, -0.2) is 51.7 Å². The Balaban J connectivity index is 0.00000254. The van der Waals surface area contributed by atoms with Crippen LogP contribution < -0.4 is 14.5 Å². The van der Waals surface area contributed by atoms with Crippen molar-refractivity contribution in [1.29, 1.82) is 0 Å². The fourth-order valence-electron chi connectivity index (χ4n) is 2.32. The number of aliphatic carboxylic acids is 1. The van der Waals surface area contributed by atoms with Gasteiger partial charge in [0.05, 0.1) is 24.0 Å². The Hall–Kier alpha value is -2.24. The number of benzene rings is 1. The standard InChI is InChI=1S/C16H24N2O4.C2H6/c1-5-18(8-6-7-16(20)21)14-10-15(22-4)12(11-19)9-13(14)17(2)3;1-2/h9-11H,5-8H2,1-4H3,(H,20,21);1-2H3. The fraction of sp³-hybridized carbons (Fsp3) is 0.556. The molecule has 136 valence electrons. The monoisotopic (exact) mass is 338 g/mol. The predicted octanol–water partition coefficient (Wildman–Crippen LogP) is 3.29. The SMILES string of the molecule is CC.CCN(CCCC(=O)O)c1cc(OC)c(C=O)cc1N(C)C. The minimum absolute atomic E-state index is 0.136. The largest absolute Gasteiger partial charge is 0.496 e. The summed E-state index contributed by atoms with van der Waals surface area (Å²) in [6.45, 7) is 7.39. The molecule has 1 N–H and O–H groups in total. The Labute approximate surface area is 145 Å². The predicted molar refractivity (Wildman–Crippen MR) is 98.8 cm³/mol. The van der Waals surface area contributed by atoms with Crippen molar-refractivity contribution < 1.29 is 19.4 Å². The molecule has 6 heteroatoms. The zero-order valence-electron chi connectivity index (χ0n) is 15.6. The summed E-state index contributed by atoms with van der Waals surface area (Å²) in [5.74, 6) is -0.273. The number of hydrogen-bond acceptors (Lipinski definition) is 5. The van der Waals surface area contributed by atoms with E-state index in [4.69, 9.17) is 9.84 Å². The van der Waals surface area contributed by atoms with E-state index in [-0.39, 0.29) is 6.42 Å². The van der Waals surface area contributed by atoms with Crippen LogP contribution in [0.25, 0.3) is 0 Å². The van der Waals surface area contributed by atoms with Crippen molar-refractivity contribution in [2.24, 2.45) is 0 Å². The molecule has 1 aromatic carbocycles. The minimum Gasteiger partial charge on any atom is -0.496 e. The number of carboxylic acids is 1. The number of methoxy groups -OCH3 is 1. The molecule has 0 radical (unpaired) electrons. The molecule has 0 aliphatic heterocycles. The number of carbonyl (C=O) groups is 2. The van der Waals surface area contributed by atoms with Gasteiger partial charge in [0.25, 0.3) is 0 Å². The van der Waals surface area contributed by atoms with Crippen molar-refractivity contribution in [1.82, 2.24) is 0 Å². The maximum Gasteiger partial charge on any atom is 0.303 e. The third kappa shape index (κ3) is 6.10. The first-order valence-corrected chi connectivity index (χ1v) is 8.25. The lowest BCUT2D eigenvalue weighted by atomic mass is 10.1. The van der Waals surface area contributed by atoms with Gasteiger partial charge in [0.2, 0.25) is 0 Å².